The van der Waals surface area contributed by atoms with Crippen molar-refractivity contribution < 1.29 is 37.8 Å². The molecule has 0 radical (unpaired) electrons. The van der Waals surface area contributed by atoms with Gasteiger partial charge in [-0.15, -0.1) is 0 Å². The molecule has 0 spiro atoms. The van der Waals surface area contributed by atoms with Crippen LogP contribution in [0.3, 0.4) is 0 Å². The van der Waals surface area contributed by atoms with Gasteiger partial charge in [0.1, 0.15) is 0 Å². The third-order valence-electron chi connectivity index (χ3n) is 0.216. The predicted octanol–water partition coefficient (Wildman–Crippen LogP) is -2.76. The fourth-order valence-electron chi connectivity index (χ4n) is 0.0666. The zero-order chi connectivity index (χ0) is 5.91. The van der Waals surface area contributed by atoms with Gasteiger partial charge in [-0.2, -0.15) is 8.42 Å². The molecule has 0 aliphatic heterocycles. The van der Waals surface area contributed by atoms with Crippen molar-refractivity contribution in [2.75, 3.05) is 5.49 Å². The molecule has 0 amide bonds. The minimum atomic E-state index is -4.00. The molecule has 0 aromatic heterocycles. The summed E-state index contributed by atoms with van der Waals surface area (Å²) in [5, 5.41) is 0. The van der Waals surface area contributed by atoms with Gasteiger partial charge in [0.05, 0.1) is 0 Å². The maximum atomic E-state index is 9.58. The van der Waals surface area contributed by atoms with E-state index in [1.165, 1.54) is 0 Å². The van der Waals surface area contributed by atoms with E-state index in [1.54, 1.807) is 0 Å². The average Bonchev–Trinajstić information content (AvgIpc) is 1.30. The Morgan fingerprint density at radius 1 is 1.62 bits per heavy atom. The van der Waals surface area contributed by atoms with Crippen molar-refractivity contribution in [1.82, 2.24) is 0 Å². The molecular weight excluding hydrogens is 146 g/mol. The normalized spacial score (nSPS) is 10.6. The first kappa shape index (κ1) is 11.4. The van der Waals surface area contributed by atoms with Gasteiger partial charge in [0.15, 0.2) is 14.0 Å². The van der Waals surface area contributed by atoms with E-state index in [-0.39, 0.29) is 20.3 Å². The molecule has 44 valence electrons. The summed E-state index contributed by atoms with van der Waals surface area (Å²) < 4.78 is 36.3. The Morgan fingerprint density at radius 2 is 2.00 bits per heavy atom. The number of rotatable bonds is 2. The summed E-state index contributed by atoms with van der Waals surface area (Å²) in [6.07, 6.45) is 0. The van der Waals surface area contributed by atoms with Gasteiger partial charge in [-0.1, -0.05) is 0 Å². The molecule has 0 saturated carbocycles. The minimum Gasteiger partial charge on any atom is -1.00 e. The first-order valence-corrected chi connectivity index (χ1v) is 3.91. The standard InChI is InChI=1S/CH3O4PS.Li.H/c2-6-1-7(3,4)5;;/h1H2,(H,3,4,5);;/q;+1;-1. The van der Waals surface area contributed by atoms with E-state index in [9.17, 15) is 13.0 Å². The van der Waals surface area contributed by atoms with Crippen LogP contribution in [0.15, 0.2) is 0 Å². The van der Waals surface area contributed by atoms with Gasteiger partial charge in [-0.3, -0.25) is 9.12 Å². The summed E-state index contributed by atoms with van der Waals surface area (Å²) in [5.74, 6) is 0. The molecule has 0 unspecified atom stereocenters. The smallest absolute Gasteiger partial charge is 1.00 e. The van der Waals surface area contributed by atoms with Gasteiger partial charge in [0, 0.05) is 0 Å². The van der Waals surface area contributed by atoms with Crippen LogP contribution in [0.1, 0.15) is 1.43 Å². The summed E-state index contributed by atoms with van der Waals surface area (Å²) in [6, 6.07) is 0. The SMILES string of the molecule is O=PCS(=O)(=O)O.[H-].[Li+]. The maximum Gasteiger partial charge on any atom is 1.00 e. The van der Waals surface area contributed by atoms with Crippen LogP contribution < -0.4 is 18.9 Å². The summed E-state index contributed by atoms with van der Waals surface area (Å²) in [6.45, 7) is 0. The van der Waals surface area contributed by atoms with Crippen LogP contribution in [0.2, 0.25) is 0 Å². The first-order chi connectivity index (χ1) is 3.06. The second-order valence-corrected chi connectivity index (χ2v) is 3.29. The van der Waals surface area contributed by atoms with Crippen LogP contribution in [0.5, 0.6) is 0 Å². The Morgan fingerprint density at radius 3 is 2.00 bits per heavy atom. The van der Waals surface area contributed by atoms with Crippen molar-refractivity contribution in [1.29, 1.82) is 0 Å². The van der Waals surface area contributed by atoms with E-state index in [2.05, 4.69) is 0 Å². The third-order valence-corrected chi connectivity index (χ3v) is 1.94. The maximum absolute atomic E-state index is 9.58. The summed E-state index contributed by atoms with van der Waals surface area (Å²) in [7, 11) is -4.58. The molecular formula is CH4LiO4PS. The van der Waals surface area contributed by atoms with E-state index in [0.717, 1.165) is 0 Å². The van der Waals surface area contributed by atoms with Crippen LogP contribution >= 0.6 is 8.46 Å². The topological polar surface area (TPSA) is 71.4 Å². The minimum absolute atomic E-state index is 0. The van der Waals surface area contributed by atoms with Crippen molar-refractivity contribution in [3.63, 3.8) is 0 Å². The van der Waals surface area contributed by atoms with Crippen LogP contribution in [-0.2, 0) is 14.7 Å². The molecule has 0 saturated heterocycles. The fraction of sp³-hybridized carbons (Fsp3) is 1.00. The van der Waals surface area contributed by atoms with Crippen LogP contribution in [0.4, 0.5) is 0 Å². The van der Waals surface area contributed by atoms with Gasteiger partial charge >= 0.3 is 18.9 Å². The van der Waals surface area contributed by atoms with Crippen molar-refractivity contribution in [3.8, 4) is 0 Å². The molecule has 0 rings (SSSR count). The molecule has 0 bridgehead atoms. The molecule has 0 aromatic rings. The summed E-state index contributed by atoms with van der Waals surface area (Å²) in [4.78, 5) is 0. The Balaban J connectivity index is -0.000000180. The van der Waals surface area contributed by atoms with Gasteiger partial charge < -0.3 is 1.43 Å². The molecule has 0 aliphatic carbocycles. The van der Waals surface area contributed by atoms with Crippen molar-refractivity contribution >= 4 is 18.6 Å². The molecule has 0 atom stereocenters. The van der Waals surface area contributed by atoms with Crippen molar-refractivity contribution in [2.24, 2.45) is 0 Å². The van der Waals surface area contributed by atoms with Crippen LogP contribution in [0.25, 0.3) is 0 Å². The Hall–Kier alpha value is 0.607. The fourth-order valence-corrected chi connectivity index (χ4v) is 0.599. The second kappa shape index (κ2) is 4.48. The van der Waals surface area contributed by atoms with Crippen molar-refractivity contribution in [2.45, 2.75) is 0 Å². The van der Waals surface area contributed by atoms with Crippen LogP contribution in [0, 0.1) is 0 Å². The Kier molecular flexibility index (Phi) is 6.39. The average molecular weight is 150 g/mol. The Bertz CT molecular complexity index is 154. The zero-order valence-corrected chi connectivity index (χ0v) is 5.95. The van der Waals surface area contributed by atoms with E-state index in [0.29, 0.717) is 0 Å². The molecule has 8 heavy (non-hydrogen) atoms. The summed E-state index contributed by atoms with van der Waals surface area (Å²) in [5.41, 5.74) is -0.715. The molecule has 0 heterocycles. The predicted molar refractivity (Wildman–Crippen MR) is 25.1 cm³/mol. The Labute approximate surface area is 62.3 Å². The van der Waals surface area contributed by atoms with E-state index >= 15 is 0 Å². The number of hydrogen-bond acceptors (Lipinski definition) is 3. The van der Waals surface area contributed by atoms with Gasteiger partial charge in [0.2, 0.25) is 0 Å². The van der Waals surface area contributed by atoms with E-state index < -0.39 is 24.1 Å². The van der Waals surface area contributed by atoms with Gasteiger partial charge in [-0.25, -0.2) is 0 Å². The molecule has 0 aliphatic rings. The molecule has 0 aromatic carbocycles. The van der Waals surface area contributed by atoms with Gasteiger partial charge in [-0.05, 0) is 0 Å². The molecule has 4 nitrogen and oxygen atoms in total. The quantitative estimate of drug-likeness (QED) is 0.263. The molecule has 0 fully saturated rings. The zero-order valence-electron chi connectivity index (χ0n) is 5.23. The van der Waals surface area contributed by atoms with E-state index in [1.807, 2.05) is 0 Å². The largest absolute Gasteiger partial charge is 1.00 e. The van der Waals surface area contributed by atoms with Crippen LogP contribution in [-0.4, -0.2) is 18.5 Å². The summed E-state index contributed by atoms with van der Waals surface area (Å²) >= 11 is 0. The molecule has 7 heteroatoms. The van der Waals surface area contributed by atoms with Crippen molar-refractivity contribution in [3.05, 3.63) is 0 Å². The second-order valence-electron chi connectivity index (χ2n) is 0.840. The monoisotopic (exact) mass is 150 g/mol. The third kappa shape index (κ3) is 9.79. The first-order valence-electron chi connectivity index (χ1n) is 1.30. The number of hydrogen-bond donors (Lipinski definition) is 1. The molecule has 1 N–H and O–H groups in total. The van der Waals surface area contributed by atoms with Gasteiger partial charge in [0.25, 0.3) is 10.1 Å². The van der Waals surface area contributed by atoms with E-state index in [4.69, 9.17) is 4.55 Å².